The molecule has 72 valence electrons. The lowest BCUT2D eigenvalue weighted by Crippen LogP contribution is -2.13. The zero-order valence-corrected chi connectivity index (χ0v) is 7.93. The second-order valence-electron chi connectivity index (χ2n) is 2.84. The predicted molar refractivity (Wildman–Crippen MR) is 49.6 cm³/mol. The average molecular weight is 183 g/mol. The van der Waals surface area contributed by atoms with Gasteiger partial charge in [-0.1, -0.05) is 12.1 Å². The van der Waals surface area contributed by atoms with Crippen LogP contribution >= 0.6 is 0 Å². The molecule has 0 atom stereocenters. The number of benzene rings is 1. The van der Waals surface area contributed by atoms with Crippen LogP contribution in [0.4, 0.5) is 4.39 Å². The molecule has 0 heterocycles. The van der Waals surface area contributed by atoms with E-state index in [9.17, 15) is 4.39 Å². The molecule has 0 spiro atoms. The van der Waals surface area contributed by atoms with Crippen LogP contribution in [0, 0.1) is 12.7 Å². The Kier molecular flexibility index (Phi) is 3.86. The van der Waals surface area contributed by atoms with Crippen molar-refractivity contribution in [1.82, 2.24) is 5.48 Å². The van der Waals surface area contributed by atoms with E-state index in [0.29, 0.717) is 18.7 Å². The molecule has 3 heteroatoms. The highest BCUT2D eigenvalue weighted by Crippen LogP contribution is 2.08. The number of hydrogen-bond donors (Lipinski definition) is 1. The smallest absolute Gasteiger partial charge is 0.126 e. The molecule has 0 fully saturated rings. The molecule has 1 N–H and O–H groups in total. The molecule has 0 amide bonds. The maximum atomic E-state index is 12.8. The first-order valence-electron chi connectivity index (χ1n) is 4.33. The maximum absolute atomic E-state index is 12.8. The molecule has 0 aliphatic carbocycles. The number of aryl methyl sites for hydroxylation is 1. The lowest BCUT2D eigenvalue weighted by molar-refractivity contribution is 0.0463. The Hall–Kier alpha value is -0.930. The topological polar surface area (TPSA) is 21.3 Å². The molecule has 13 heavy (non-hydrogen) atoms. The van der Waals surface area contributed by atoms with Crippen molar-refractivity contribution >= 4 is 0 Å². The van der Waals surface area contributed by atoms with Crippen molar-refractivity contribution in [3.05, 3.63) is 35.1 Å². The quantitative estimate of drug-likeness (QED) is 0.570. The van der Waals surface area contributed by atoms with E-state index in [-0.39, 0.29) is 5.82 Å². The van der Waals surface area contributed by atoms with Gasteiger partial charge in [0.25, 0.3) is 0 Å². The highest BCUT2D eigenvalue weighted by molar-refractivity contribution is 5.23. The Morgan fingerprint density at radius 3 is 2.85 bits per heavy atom. The summed E-state index contributed by atoms with van der Waals surface area (Å²) in [6.45, 7) is 4.89. The lowest BCUT2D eigenvalue weighted by atomic mass is 10.1. The fourth-order valence-corrected chi connectivity index (χ4v) is 1.05. The van der Waals surface area contributed by atoms with E-state index >= 15 is 0 Å². The molecule has 2 nitrogen and oxygen atoms in total. The van der Waals surface area contributed by atoms with E-state index in [4.69, 9.17) is 4.84 Å². The normalized spacial score (nSPS) is 10.4. The zero-order valence-electron chi connectivity index (χ0n) is 7.93. The van der Waals surface area contributed by atoms with Crippen molar-refractivity contribution < 1.29 is 9.23 Å². The largest absolute Gasteiger partial charge is 0.302 e. The summed E-state index contributed by atoms with van der Waals surface area (Å²) in [6.07, 6.45) is 0. The second-order valence-corrected chi connectivity index (χ2v) is 2.84. The van der Waals surface area contributed by atoms with E-state index in [2.05, 4.69) is 5.48 Å². The van der Waals surface area contributed by atoms with Crippen LogP contribution in [0.15, 0.2) is 18.2 Å². The minimum Gasteiger partial charge on any atom is -0.302 e. The highest BCUT2D eigenvalue weighted by atomic mass is 19.1. The van der Waals surface area contributed by atoms with Gasteiger partial charge in [0.05, 0.1) is 6.61 Å². The Morgan fingerprint density at radius 2 is 2.23 bits per heavy atom. The minimum atomic E-state index is -0.167. The minimum absolute atomic E-state index is 0.167. The highest BCUT2D eigenvalue weighted by Gasteiger charge is 1.97. The molecule has 0 unspecified atom stereocenters. The van der Waals surface area contributed by atoms with Crippen LogP contribution < -0.4 is 5.48 Å². The number of hydroxylamine groups is 1. The Labute approximate surface area is 77.7 Å². The van der Waals surface area contributed by atoms with Crippen molar-refractivity contribution in [2.75, 3.05) is 6.61 Å². The van der Waals surface area contributed by atoms with E-state index < -0.39 is 0 Å². The van der Waals surface area contributed by atoms with Crippen molar-refractivity contribution in [2.24, 2.45) is 0 Å². The van der Waals surface area contributed by atoms with Crippen LogP contribution in [0.5, 0.6) is 0 Å². The number of nitrogens with one attached hydrogen (secondary N) is 1. The maximum Gasteiger partial charge on any atom is 0.126 e. The van der Waals surface area contributed by atoms with Crippen molar-refractivity contribution in [3.63, 3.8) is 0 Å². The van der Waals surface area contributed by atoms with Gasteiger partial charge >= 0.3 is 0 Å². The van der Waals surface area contributed by atoms with Crippen LogP contribution in [0.3, 0.4) is 0 Å². The summed E-state index contributed by atoms with van der Waals surface area (Å²) in [6, 6.07) is 5.02. The summed E-state index contributed by atoms with van der Waals surface area (Å²) >= 11 is 0. The SMILES string of the molecule is CCONCc1ccc(F)c(C)c1. The molecule has 1 aromatic carbocycles. The van der Waals surface area contributed by atoms with Crippen LogP contribution in [0.25, 0.3) is 0 Å². The van der Waals surface area contributed by atoms with Crippen LogP contribution in [0.1, 0.15) is 18.1 Å². The average Bonchev–Trinajstić information content (AvgIpc) is 2.12. The fraction of sp³-hybridized carbons (Fsp3) is 0.400. The summed E-state index contributed by atoms with van der Waals surface area (Å²) in [5.41, 5.74) is 4.46. The molecule has 1 rings (SSSR count). The van der Waals surface area contributed by atoms with Crippen molar-refractivity contribution in [3.8, 4) is 0 Å². The van der Waals surface area contributed by atoms with E-state index in [1.807, 2.05) is 6.92 Å². The molecule has 0 saturated carbocycles. The number of rotatable bonds is 4. The number of halogens is 1. The Bertz CT molecular complexity index is 276. The first-order valence-corrected chi connectivity index (χ1v) is 4.33. The second kappa shape index (κ2) is 4.94. The third-order valence-electron chi connectivity index (χ3n) is 1.75. The molecule has 0 radical (unpaired) electrons. The monoisotopic (exact) mass is 183 g/mol. The van der Waals surface area contributed by atoms with Gasteiger partial charge in [-0.25, -0.2) is 4.39 Å². The van der Waals surface area contributed by atoms with Gasteiger partial charge in [-0.3, -0.25) is 0 Å². The third-order valence-corrected chi connectivity index (χ3v) is 1.75. The molecule has 0 aliphatic rings. The standard InChI is InChI=1S/C10H14FNO/c1-3-13-12-7-9-4-5-10(11)8(2)6-9/h4-6,12H,3,7H2,1-2H3. The molecule has 0 aromatic heterocycles. The van der Waals surface area contributed by atoms with Crippen molar-refractivity contribution in [2.45, 2.75) is 20.4 Å². The van der Waals surface area contributed by atoms with Gasteiger partial charge in [-0.05, 0) is 31.0 Å². The molecule has 1 aromatic rings. The first-order chi connectivity index (χ1) is 6.24. The van der Waals surface area contributed by atoms with E-state index in [1.54, 1.807) is 19.1 Å². The third kappa shape index (κ3) is 3.13. The van der Waals surface area contributed by atoms with Crippen LogP contribution in [0.2, 0.25) is 0 Å². The van der Waals surface area contributed by atoms with E-state index in [1.165, 1.54) is 6.07 Å². The summed E-state index contributed by atoms with van der Waals surface area (Å²) in [5, 5.41) is 0. The van der Waals surface area contributed by atoms with Gasteiger partial charge in [0.2, 0.25) is 0 Å². The zero-order chi connectivity index (χ0) is 9.68. The molecular weight excluding hydrogens is 169 g/mol. The van der Waals surface area contributed by atoms with Gasteiger partial charge in [-0.15, -0.1) is 0 Å². The summed E-state index contributed by atoms with van der Waals surface area (Å²) < 4.78 is 12.8. The van der Waals surface area contributed by atoms with Gasteiger partial charge in [-0.2, -0.15) is 5.48 Å². The molecular formula is C10H14FNO. The van der Waals surface area contributed by atoms with Crippen molar-refractivity contribution in [1.29, 1.82) is 0 Å². The van der Waals surface area contributed by atoms with Gasteiger partial charge in [0.15, 0.2) is 0 Å². The van der Waals surface area contributed by atoms with E-state index in [0.717, 1.165) is 5.56 Å². The molecule has 0 aliphatic heterocycles. The van der Waals surface area contributed by atoms with Crippen LogP contribution in [-0.2, 0) is 11.4 Å². The van der Waals surface area contributed by atoms with Gasteiger partial charge in [0, 0.05) is 6.54 Å². The molecule has 0 saturated heterocycles. The van der Waals surface area contributed by atoms with Gasteiger partial charge < -0.3 is 4.84 Å². The van der Waals surface area contributed by atoms with Gasteiger partial charge in [0.1, 0.15) is 5.82 Å². The summed E-state index contributed by atoms with van der Waals surface area (Å²) in [5.74, 6) is -0.167. The Balaban J connectivity index is 2.53. The summed E-state index contributed by atoms with van der Waals surface area (Å²) in [4.78, 5) is 4.96. The summed E-state index contributed by atoms with van der Waals surface area (Å²) in [7, 11) is 0. The fourth-order valence-electron chi connectivity index (χ4n) is 1.05. The lowest BCUT2D eigenvalue weighted by Gasteiger charge is -2.04. The number of hydrogen-bond acceptors (Lipinski definition) is 2. The first kappa shape index (κ1) is 10.2. The predicted octanol–water partition coefficient (Wildman–Crippen LogP) is 2.18. The molecule has 0 bridgehead atoms. The van der Waals surface area contributed by atoms with Crippen LogP contribution in [-0.4, -0.2) is 6.61 Å². The Morgan fingerprint density at radius 1 is 1.46 bits per heavy atom.